The average molecular weight is 187 g/mol. The summed E-state index contributed by atoms with van der Waals surface area (Å²) in [7, 11) is 0. The molecular weight excluding hydrogens is 174 g/mol. The SMILES string of the molecule is CC[C@@H](CO)Nc1nc(C)ns1. The summed E-state index contributed by atoms with van der Waals surface area (Å²) in [5.74, 6) is 0.773. The summed E-state index contributed by atoms with van der Waals surface area (Å²) in [6, 6.07) is 0.0948. The Morgan fingerprint density at radius 3 is 2.83 bits per heavy atom. The fraction of sp³-hybridized carbons (Fsp3) is 0.714. The maximum absolute atomic E-state index is 8.89. The maximum atomic E-state index is 8.89. The second-order valence-electron chi connectivity index (χ2n) is 2.58. The van der Waals surface area contributed by atoms with Gasteiger partial charge in [-0.1, -0.05) is 6.92 Å². The Balaban J connectivity index is 2.50. The zero-order chi connectivity index (χ0) is 8.97. The Hall–Kier alpha value is -0.680. The van der Waals surface area contributed by atoms with E-state index in [1.54, 1.807) is 0 Å². The number of aliphatic hydroxyl groups excluding tert-OH is 1. The second-order valence-corrected chi connectivity index (χ2v) is 3.33. The molecule has 1 aromatic rings. The van der Waals surface area contributed by atoms with Gasteiger partial charge in [-0.3, -0.25) is 0 Å². The number of aromatic nitrogens is 2. The van der Waals surface area contributed by atoms with Gasteiger partial charge in [-0.25, -0.2) is 4.98 Å². The van der Waals surface area contributed by atoms with Crippen molar-refractivity contribution in [2.24, 2.45) is 0 Å². The van der Waals surface area contributed by atoms with Gasteiger partial charge in [0.15, 0.2) is 0 Å². The van der Waals surface area contributed by atoms with Crippen LogP contribution in [0.15, 0.2) is 0 Å². The molecule has 0 saturated heterocycles. The molecule has 0 aliphatic carbocycles. The Bertz CT molecular complexity index is 234. The Morgan fingerprint density at radius 1 is 1.67 bits per heavy atom. The van der Waals surface area contributed by atoms with Crippen LogP contribution < -0.4 is 5.32 Å². The number of aliphatic hydroxyl groups is 1. The van der Waals surface area contributed by atoms with Crippen molar-refractivity contribution in [2.75, 3.05) is 11.9 Å². The van der Waals surface area contributed by atoms with E-state index in [0.29, 0.717) is 0 Å². The van der Waals surface area contributed by atoms with Crippen molar-refractivity contribution in [1.82, 2.24) is 9.36 Å². The number of hydrogen-bond acceptors (Lipinski definition) is 5. The molecule has 0 aliphatic rings. The lowest BCUT2D eigenvalue weighted by Crippen LogP contribution is -2.22. The lowest BCUT2D eigenvalue weighted by Gasteiger charge is -2.11. The van der Waals surface area contributed by atoms with Crippen molar-refractivity contribution in [3.05, 3.63) is 5.82 Å². The molecule has 0 aliphatic heterocycles. The molecule has 0 aromatic carbocycles. The van der Waals surface area contributed by atoms with Crippen molar-refractivity contribution in [2.45, 2.75) is 26.3 Å². The molecule has 12 heavy (non-hydrogen) atoms. The van der Waals surface area contributed by atoms with Gasteiger partial charge in [0.05, 0.1) is 12.6 Å². The normalized spacial score (nSPS) is 12.9. The fourth-order valence-electron chi connectivity index (χ4n) is 0.807. The van der Waals surface area contributed by atoms with Crippen molar-refractivity contribution in [3.8, 4) is 0 Å². The zero-order valence-electron chi connectivity index (χ0n) is 7.24. The van der Waals surface area contributed by atoms with Gasteiger partial charge >= 0.3 is 0 Å². The molecule has 0 bridgehead atoms. The largest absolute Gasteiger partial charge is 0.394 e. The van der Waals surface area contributed by atoms with Crippen LogP contribution in [0.25, 0.3) is 0 Å². The monoisotopic (exact) mass is 187 g/mol. The highest BCUT2D eigenvalue weighted by molar-refractivity contribution is 7.09. The molecule has 1 heterocycles. The molecule has 0 radical (unpaired) electrons. The highest BCUT2D eigenvalue weighted by Crippen LogP contribution is 2.12. The van der Waals surface area contributed by atoms with E-state index in [1.807, 2.05) is 13.8 Å². The third-order valence-electron chi connectivity index (χ3n) is 1.57. The summed E-state index contributed by atoms with van der Waals surface area (Å²) in [6.07, 6.45) is 0.884. The van der Waals surface area contributed by atoms with E-state index < -0.39 is 0 Å². The van der Waals surface area contributed by atoms with Crippen LogP contribution in [-0.2, 0) is 0 Å². The van der Waals surface area contributed by atoms with Gasteiger partial charge in [-0.15, -0.1) is 0 Å². The standard InChI is InChI=1S/C7H13N3OS/c1-3-6(4-11)9-7-8-5(2)10-12-7/h6,11H,3-4H2,1-2H3,(H,8,9,10)/t6-/m0/s1. The predicted molar refractivity (Wildman–Crippen MR) is 49.4 cm³/mol. The van der Waals surface area contributed by atoms with Gasteiger partial charge in [0.25, 0.3) is 0 Å². The first kappa shape index (κ1) is 9.41. The van der Waals surface area contributed by atoms with Gasteiger partial charge < -0.3 is 10.4 Å². The summed E-state index contributed by atoms with van der Waals surface area (Å²) in [5.41, 5.74) is 0. The molecule has 5 heteroatoms. The molecule has 0 amide bonds. The van der Waals surface area contributed by atoms with E-state index in [1.165, 1.54) is 11.5 Å². The molecule has 0 saturated carbocycles. The van der Waals surface area contributed by atoms with Crippen LogP contribution in [0.5, 0.6) is 0 Å². The van der Waals surface area contributed by atoms with Gasteiger partial charge in [0, 0.05) is 11.5 Å². The van der Waals surface area contributed by atoms with Crippen LogP contribution in [0, 0.1) is 6.92 Å². The molecule has 0 fully saturated rings. The minimum atomic E-state index is 0.0948. The first-order valence-electron chi connectivity index (χ1n) is 3.94. The van der Waals surface area contributed by atoms with Gasteiger partial charge in [-0.05, 0) is 13.3 Å². The molecule has 1 aromatic heterocycles. The Morgan fingerprint density at radius 2 is 2.42 bits per heavy atom. The number of aryl methyl sites for hydroxylation is 1. The van der Waals surface area contributed by atoms with Crippen LogP contribution in [0.4, 0.5) is 5.13 Å². The minimum Gasteiger partial charge on any atom is -0.394 e. The predicted octanol–water partition coefficient (Wildman–Crippen LogP) is 1.03. The molecule has 68 valence electrons. The smallest absolute Gasteiger partial charge is 0.202 e. The molecule has 2 N–H and O–H groups in total. The van der Waals surface area contributed by atoms with E-state index in [-0.39, 0.29) is 12.6 Å². The van der Waals surface area contributed by atoms with Crippen molar-refractivity contribution in [3.63, 3.8) is 0 Å². The molecule has 1 atom stereocenters. The van der Waals surface area contributed by atoms with E-state index >= 15 is 0 Å². The average Bonchev–Trinajstić information content (AvgIpc) is 2.47. The fourth-order valence-corrected chi connectivity index (χ4v) is 1.46. The summed E-state index contributed by atoms with van der Waals surface area (Å²) in [4.78, 5) is 4.13. The highest BCUT2D eigenvalue weighted by Gasteiger charge is 2.06. The number of anilines is 1. The first-order chi connectivity index (χ1) is 5.76. The quantitative estimate of drug-likeness (QED) is 0.739. The highest BCUT2D eigenvalue weighted by atomic mass is 32.1. The van der Waals surface area contributed by atoms with Crippen LogP contribution in [0.3, 0.4) is 0 Å². The van der Waals surface area contributed by atoms with E-state index in [4.69, 9.17) is 5.11 Å². The maximum Gasteiger partial charge on any atom is 0.202 e. The number of hydrogen-bond donors (Lipinski definition) is 2. The van der Waals surface area contributed by atoms with Crippen molar-refractivity contribution in [1.29, 1.82) is 0 Å². The van der Waals surface area contributed by atoms with Gasteiger partial charge in [0.2, 0.25) is 5.13 Å². The van der Waals surface area contributed by atoms with Crippen LogP contribution in [0.1, 0.15) is 19.2 Å². The molecule has 1 rings (SSSR count). The van der Waals surface area contributed by atoms with E-state index in [0.717, 1.165) is 17.4 Å². The topological polar surface area (TPSA) is 58.0 Å². The summed E-state index contributed by atoms with van der Waals surface area (Å²) >= 11 is 1.33. The second kappa shape index (κ2) is 4.37. The third kappa shape index (κ3) is 2.42. The van der Waals surface area contributed by atoms with Crippen molar-refractivity contribution >= 4 is 16.7 Å². The Labute approximate surface area is 75.8 Å². The minimum absolute atomic E-state index is 0.0948. The summed E-state index contributed by atoms with van der Waals surface area (Å²) in [6.45, 7) is 4.00. The third-order valence-corrected chi connectivity index (χ3v) is 2.31. The lowest BCUT2D eigenvalue weighted by molar-refractivity contribution is 0.272. The Kier molecular flexibility index (Phi) is 3.43. The zero-order valence-corrected chi connectivity index (χ0v) is 8.06. The lowest BCUT2D eigenvalue weighted by atomic mass is 10.2. The van der Waals surface area contributed by atoms with Crippen molar-refractivity contribution < 1.29 is 5.11 Å². The molecule has 4 nitrogen and oxygen atoms in total. The van der Waals surface area contributed by atoms with Gasteiger partial charge in [0.1, 0.15) is 5.82 Å². The summed E-state index contributed by atoms with van der Waals surface area (Å²) in [5, 5.41) is 12.8. The molecule has 0 spiro atoms. The number of rotatable bonds is 4. The van der Waals surface area contributed by atoms with Crippen LogP contribution in [0.2, 0.25) is 0 Å². The molecular formula is C7H13N3OS. The van der Waals surface area contributed by atoms with E-state index in [2.05, 4.69) is 14.7 Å². The van der Waals surface area contributed by atoms with Crippen LogP contribution >= 0.6 is 11.5 Å². The molecule has 0 unspecified atom stereocenters. The summed E-state index contributed by atoms with van der Waals surface area (Å²) < 4.78 is 4.02. The van der Waals surface area contributed by atoms with Gasteiger partial charge in [-0.2, -0.15) is 4.37 Å². The number of nitrogens with one attached hydrogen (secondary N) is 1. The van der Waals surface area contributed by atoms with E-state index in [9.17, 15) is 0 Å². The van der Waals surface area contributed by atoms with Crippen LogP contribution in [-0.4, -0.2) is 27.1 Å². The first-order valence-corrected chi connectivity index (χ1v) is 4.71. The number of nitrogens with zero attached hydrogens (tertiary/aromatic N) is 2.